The summed E-state index contributed by atoms with van der Waals surface area (Å²) < 4.78 is 9.72. The molecule has 0 aromatic heterocycles. The fourth-order valence-corrected chi connectivity index (χ4v) is 9.10. The number of nitrogens with one attached hydrogen (secondary N) is 1. The molecule has 2 heterocycles. The Hall–Kier alpha value is -2.81. The number of likely N-dealkylation sites (tertiary alicyclic amines) is 1. The average Bonchev–Trinajstić information content (AvgIpc) is 3.30. The summed E-state index contributed by atoms with van der Waals surface area (Å²) in [6.07, 6.45) is 15.7. The number of nitrogens with zero attached hydrogens (tertiary/aromatic N) is 2. The molecule has 5 rings (SSSR count). The Bertz CT molecular complexity index is 1550. The van der Waals surface area contributed by atoms with Crippen molar-refractivity contribution < 1.29 is 14.3 Å². The molecule has 3 aliphatic rings. The highest BCUT2D eigenvalue weighted by Gasteiger charge is 2.39. The quantitative estimate of drug-likeness (QED) is 0.141. The molecule has 280 valence electrons. The molecule has 9 heteroatoms. The van der Waals surface area contributed by atoms with Gasteiger partial charge in [0.25, 0.3) is 5.91 Å². The predicted octanol–water partition coefficient (Wildman–Crippen LogP) is 8.76. The first kappa shape index (κ1) is 39.4. The van der Waals surface area contributed by atoms with Crippen molar-refractivity contribution in [3.63, 3.8) is 0 Å². The van der Waals surface area contributed by atoms with Gasteiger partial charge < -0.3 is 25.0 Å². The molecule has 3 N–H and O–H groups in total. The van der Waals surface area contributed by atoms with Crippen molar-refractivity contribution in [2.24, 2.45) is 23.5 Å². The summed E-state index contributed by atoms with van der Waals surface area (Å²) in [4.78, 5) is 30.7. The highest BCUT2D eigenvalue weighted by Crippen LogP contribution is 2.46. The molecule has 2 aromatic rings. The van der Waals surface area contributed by atoms with E-state index in [9.17, 15) is 9.59 Å². The fourth-order valence-electron chi connectivity index (χ4n) is 8.31. The molecule has 0 radical (unpaired) electrons. The molecule has 0 spiro atoms. The zero-order valence-corrected chi connectivity index (χ0v) is 33.0. The van der Waals surface area contributed by atoms with Crippen molar-refractivity contribution in [1.29, 1.82) is 0 Å². The summed E-state index contributed by atoms with van der Waals surface area (Å²) in [5, 5.41) is 1.03. The van der Waals surface area contributed by atoms with E-state index in [1.807, 2.05) is 24.3 Å². The van der Waals surface area contributed by atoms with E-state index in [0.29, 0.717) is 29.9 Å². The smallest absolute Gasteiger partial charge is 0.260 e. The minimum absolute atomic E-state index is 0.0877. The number of nitrogens with two attached hydrogens (primary N) is 1. The van der Waals surface area contributed by atoms with Gasteiger partial charge in [0.2, 0.25) is 5.91 Å². The maximum atomic E-state index is 13.4. The Balaban J connectivity index is 1.41. The Labute approximate surface area is 314 Å². The number of aryl methyl sites for hydroxylation is 1. The van der Waals surface area contributed by atoms with Gasteiger partial charge in [-0.25, -0.2) is 0 Å². The van der Waals surface area contributed by atoms with Crippen molar-refractivity contribution in [3.05, 3.63) is 70.3 Å². The van der Waals surface area contributed by atoms with E-state index in [2.05, 4.69) is 72.4 Å². The number of hydrogen-bond acceptors (Lipinski definition) is 5. The summed E-state index contributed by atoms with van der Waals surface area (Å²) in [5.41, 5.74) is 10.0. The van der Waals surface area contributed by atoms with Gasteiger partial charge in [0.1, 0.15) is 5.75 Å². The lowest BCUT2D eigenvalue weighted by atomic mass is 9.65. The van der Waals surface area contributed by atoms with Crippen LogP contribution in [0.3, 0.4) is 0 Å². The maximum absolute atomic E-state index is 13.4. The molecule has 0 bridgehead atoms. The molecule has 1 saturated heterocycles. The van der Waals surface area contributed by atoms with E-state index in [0.717, 1.165) is 81.0 Å². The molecular weight excluding hydrogens is 676 g/mol. The summed E-state index contributed by atoms with van der Waals surface area (Å²) in [6.45, 7) is 11.8. The van der Waals surface area contributed by atoms with Crippen molar-refractivity contribution >= 4 is 45.6 Å². The molecule has 1 saturated carbocycles. The maximum Gasteiger partial charge on any atom is 0.260 e. The number of hydrogen-bond donors (Lipinski definition) is 2. The molecular formula is C42H61ClN4O3S. The number of benzene rings is 2. The van der Waals surface area contributed by atoms with Crippen molar-refractivity contribution in [3.8, 4) is 5.75 Å². The second-order valence-corrected chi connectivity index (χ2v) is 17.6. The monoisotopic (exact) mass is 736 g/mol. The molecule has 2 fully saturated rings. The van der Waals surface area contributed by atoms with Gasteiger partial charge in [0.15, 0.2) is 0 Å². The second kappa shape index (κ2) is 18.8. The topological polar surface area (TPSA) is 87.9 Å². The minimum Gasteiger partial charge on any atom is -0.491 e. The average molecular weight is 737 g/mol. The standard InChI is InChI=1S/C42H61ClN4O3S/c1-6-8-12-30(14-18-36-13-9-10-22-47(36)41(48)25-44)37-19-15-33(37)26-46-27-34(38-20-17-35(43)23-31(38)11-7-2)28-50-40-21-16-32(24-39(40)46)42(49)45-51(5)29(3)4/h8,12,16-17,20-21,23-24,29-30,33-34,36-37H,5-7,9-11,13-15,18-19,22,25-28,44H2,1-4H3,(H,45,49)/b12-8+/t30-,33?,34?,36?,37?,51?/m0/s1. The van der Waals surface area contributed by atoms with Crippen LogP contribution in [0.2, 0.25) is 5.02 Å². The molecule has 2 aliphatic heterocycles. The third kappa shape index (κ3) is 10.00. The Morgan fingerprint density at radius 3 is 2.67 bits per heavy atom. The molecule has 7 nitrogen and oxygen atoms in total. The SMILES string of the molecule is C=S(NC(=O)c1ccc2c(c1)N(CC1CCC1[C@@H](/C=C/CC)CCC1CCCCN1C(=O)CN)CC(c1ccc(Cl)cc1CCC)CO2)C(C)C. The number of carbonyl (C=O) groups is 2. The van der Waals surface area contributed by atoms with Gasteiger partial charge in [-0.15, -0.1) is 0 Å². The highest BCUT2D eigenvalue weighted by atomic mass is 35.5. The Morgan fingerprint density at radius 2 is 1.96 bits per heavy atom. The molecule has 6 atom stereocenters. The number of anilines is 1. The molecule has 5 unspecified atom stereocenters. The van der Waals surface area contributed by atoms with Crippen LogP contribution < -0.4 is 20.1 Å². The van der Waals surface area contributed by atoms with Crippen molar-refractivity contribution in [2.45, 2.75) is 109 Å². The van der Waals surface area contributed by atoms with E-state index < -0.39 is 10.7 Å². The lowest BCUT2D eigenvalue weighted by Gasteiger charge is -2.45. The number of ether oxygens (including phenoxy) is 1. The number of halogens is 1. The molecule has 2 amide bonds. The van der Waals surface area contributed by atoms with Crippen LogP contribution in [0, 0.1) is 17.8 Å². The first-order chi connectivity index (χ1) is 24.6. The van der Waals surface area contributed by atoms with E-state index in [-0.39, 0.29) is 35.6 Å². The first-order valence-electron chi connectivity index (χ1n) is 19.4. The zero-order valence-electron chi connectivity index (χ0n) is 31.4. The van der Waals surface area contributed by atoms with Crippen LogP contribution in [0.4, 0.5) is 5.69 Å². The highest BCUT2D eigenvalue weighted by molar-refractivity contribution is 8.13. The minimum atomic E-state index is -0.468. The summed E-state index contributed by atoms with van der Waals surface area (Å²) >= 11 is 6.50. The first-order valence-corrected chi connectivity index (χ1v) is 21.3. The zero-order chi connectivity index (χ0) is 36.5. The number of rotatable bonds is 15. The van der Waals surface area contributed by atoms with E-state index in [4.69, 9.17) is 22.1 Å². The van der Waals surface area contributed by atoms with Gasteiger partial charge in [0.05, 0.1) is 18.8 Å². The second-order valence-electron chi connectivity index (χ2n) is 15.1. The molecule has 1 aliphatic carbocycles. The Morgan fingerprint density at radius 1 is 1.14 bits per heavy atom. The summed E-state index contributed by atoms with van der Waals surface area (Å²) in [7, 11) is -0.468. The largest absolute Gasteiger partial charge is 0.491 e. The van der Waals surface area contributed by atoms with Crippen LogP contribution in [-0.4, -0.2) is 66.7 Å². The van der Waals surface area contributed by atoms with Crippen LogP contribution in [-0.2, 0) is 11.2 Å². The van der Waals surface area contributed by atoms with Crippen LogP contribution >= 0.6 is 22.3 Å². The predicted molar refractivity (Wildman–Crippen MR) is 216 cm³/mol. The van der Waals surface area contributed by atoms with E-state index in [1.165, 1.54) is 30.4 Å². The van der Waals surface area contributed by atoms with Gasteiger partial charge in [-0.2, -0.15) is 0 Å². The summed E-state index contributed by atoms with van der Waals surface area (Å²) in [5.74, 6) is 6.71. The summed E-state index contributed by atoms with van der Waals surface area (Å²) in [6, 6.07) is 12.5. The van der Waals surface area contributed by atoms with Crippen molar-refractivity contribution in [1.82, 2.24) is 9.62 Å². The van der Waals surface area contributed by atoms with Crippen LogP contribution in [0.5, 0.6) is 5.75 Å². The van der Waals surface area contributed by atoms with Crippen LogP contribution in [0.1, 0.15) is 113 Å². The third-order valence-corrected chi connectivity index (χ3v) is 13.2. The van der Waals surface area contributed by atoms with Gasteiger partial charge in [-0.05, 0) is 117 Å². The lowest BCUT2D eigenvalue weighted by Crippen LogP contribution is -2.47. The van der Waals surface area contributed by atoms with Gasteiger partial charge >= 0.3 is 0 Å². The van der Waals surface area contributed by atoms with Crippen LogP contribution in [0.25, 0.3) is 0 Å². The molecule has 2 aromatic carbocycles. The third-order valence-electron chi connectivity index (χ3n) is 11.4. The normalized spacial score (nSPS) is 23.3. The Kier molecular flexibility index (Phi) is 14.5. The fraction of sp³-hybridized carbons (Fsp3) is 0.595. The van der Waals surface area contributed by atoms with Gasteiger partial charge in [0, 0.05) is 47.4 Å². The van der Waals surface area contributed by atoms with E-state index >= 15 is 0 Å². The number of carbonyl (C=O) groups excluding carboxylic acids is 2. The van der Waals surface area contributed by atoms with Crippen molar-refractivity contribution in [2.75, 3.05) is 37.7 Å². The number of fused-ring (bicyclic) bond motifs is 1. The number of amides is 2. The number of piperidine rings is 1. The van der Waals surface area contributed by atoms with Gasteiger partial charge in [-0.3, -0.25) is 9.59 Å². The number of allylic oxidation sites excluding steroid dienone is 2. The molecule has 51 heavy (non-hydrogen) atoms. The van der Waals surface area contributed by atoms with E-state index in [1.54, 1.807) is 0 Å². The van der Waals surface area contributed by atoms with Gasteiger partial charge in [-0.1, -0.05) is 80.5 Å². The van der Waals surface area contributed by atoms with Crippen LogP contribution in [0.15, 0.2) is 48.6 Å². The lowest BCUT2D eigenvalue weighted by molar-refractivity contribution is -0.133.